The summed E-state index contributed by atoms with van der Waals surface area (Å²) in [5.74, 6) is 1.52. The van der Waals surface area contributed by atoms with E-state index in [0.29, 0.717) is 23.8 Å². The van der Waals surface area contributed by atoms with E-state index in [1.807, 2.05) is 18.2 Å². The van der Waals surface area contributed by atoms with Crippen molar-refractivity contribution in [1.82, 2.24) is 0 Å². The monoisotopic (exact) mass is 287 g/mol. The van der Waals surface area contributed by atoms with Gasteiger partial charge in [0.25, 0.3) is 0 Å². The SMILES string of the molecule is N#Cc1ccc(OCCCOc2cccc(Cl)c2)cc1. The van der Waals surface area contributed by atoms with Crippen molar-refractivity contribution in [3.8, 4) is 17.6 Å². The van der Waals surface area contributed by atoms with Crippen LogP contribution in [0.4, 0.5) is 0 Å². The number of halogens is 1. The molecule has 0 radical (unpaired) electrons. The fourth-order valence-corrected chi connectivity index (χ4v) is 1.80. The van der Waals surface area contributed by atoms with Crippen LogP contribution in [0.1, 0.15) is 12.0 Å². The summed E-state index contributed by atoms with van der Waals surface area (Å²) in [6.07, 6.45) is 0.770. The largest absolute Gasteiger partial charge is 0.493 e. The quantitative estimate of drug-likeness (QED) is 0.753. The molecule has 0 atom stereocenters. The second-order valence-electron chi connectivity index (χ2n) is 4.14. The van der Waals surface area contributed by atoms with Crippen LogP contribution in [0.3, 0.4) is 0 Å². The number of nitrogens with zero attached hydrogens (tertiary/aromatic N) is 1. The molecule has 0 saturated carbocycles. The lowest BCUT2D eigenvalue weighted by atomic mass is 10.2. The average Bonchev–Trinajstić information content (AvgIpc) is 2.48. The van der Waals surface area contributed by atoms with Crippen molar-refractivity contribution >= 4 is 11.6 Å². The Morgan fingerprint density at radius 2 is 1.65 bits per heavy atom. The third-order valence-corrected chi connectivity index (χ3v) is 2.84. The van der Waals surface area contributed by atoms with E-state index in [0.717, 1.165) is 17.9 Å². The molecule has 4 heteroatoms. The lowest BCUT2D eigenvalue weighted by molar-refractivity contribution is 0.247. The van der Waals surface area contributed by atoms with Gasteiger partial charge in [0.2, 0.25) is 0 Å². The normalized spacial score (nSPS) is 9.80. The molecule has 2 aromatic rings. The standard InChI is InChI=1S/C16H14ClNO2/c17-14-3-1-4-16(11-14)20-10-2-9-19-15-7-5-13(12-18)6-8-15/h1,3-8,11H,2,9-10H2. The van der Waals surface area contributed by atoms with Gasteiger partial charge in [0, 0.05) is 11.4 Å². The third kappa shape index (κ3) is 4.49. The first-order valence-corrected chi connectivity index (χ1v) is 6.67. The Balaban J connectivity index is 1.67. The van der Waals surface area contributed by atoms with Crippen molar-refractivity contribution in [3.05, 3.63) is 59.1 Å². The van der Waals surface area contributed by atoms with Crippen molar-refractivity contribution in [3.63, 3.8) is 0 Å². The van der Waals surface area contributed by atoms with Gasteiger partial charge in [-0.2, -0.15) is 5.26 Å². The summed E-state index contributed by atoms with van der Waals surface area (Å²) in [5.41, 5.74) is 0.627. The van der Waals surface area contributed by atoms with Crippen LogP contribution in [-0.4, -0.2) is 13.2 Å². The average molecular weight is 288 g/mol. The Morgan fingerprint density at radius 1 is 0.950 bits per heavy atom. The number of hydrogen-bond acceptors (Lipinski definition) is 3. The number of hydrogen-bond donors (Lipinski definition) is 0. The molecule has 0 unspecified atom stereocenters. The summed E-state index contributed by atoms with van der Waals surface area (Å²) in [6, 6.07) is 16.4. The van der Waals surface area contributed by atoms with E-state index < -0.39 is 0 Å². The van der Waals surface area contributed by atoms with Gasteiger partial charge in [-0.3, -0.25) is 0 Å². The molecule has 2 rings (SSSR count). The Morgan fingerprint density at radius 3 is 2.30 bits per heavy atom. The highest BCUT2D eigenvalue weighted by atomic mass is 35.5. The minimum atomic E-state index is 0.562. The van der Waals surface area contributed by atoms with E-state index in [4.69, 9.17) is 26.3 Å². The highest BCUT2D eigenvalue weighted by Crippen LogP contribution is 2.17. The molecule has 0 aliphatic carbocycles. The van der Waals surface area contributed by atoms with Crippen LogP contribution in [0.25, 0.3) is 0 Å². The van der Waals surface area contributed by atoms with Gasteiger partial charge in [-0.25, -0.2) is 0 Å². The van der Waals surface area contributed by atoms with Gasteiger partial charge in [0.1, 0.15) is 11.5 Å². The first kappa shape index (κ1) is 14.2. The van der Waals surface area contributed by atoms with Gasteiger partial charge in [0.05, 0.1) is 24.8 Å². The van der Waals surface area contributed by atoms with Gasteiger partial charge >= 0.3 is 0 Å². The van der Waals surface area contributed by atoms with E-state index in [-0.39, 0.29) is 0 Å². The Hall–Kier alpha value is -2.18. The topological polar surface area (TPSA) is 42.2 Å². The first-order chi connectivity index (χ1) is 9.78. The molecule has 3 nitrogen and oxygen atoms in total. The zero-order chi connectivity index (χ0) is 14.2. The molecule has 20 heavy (non-hydrogen) atoms. The van der Waals surface area contributed by atoms with Crippen molar-refractivity contribution in [1.29, 1.82) is 5.26 Å². The van der Waals surface area contributed by atoms with Gasteiger partial charge in [-0.1, -0.05) is 17.7 Å². The molecule has 0 aliphatic heterocycles. The highest BCUT2D eigenvalue weighted by Gasteiger charge is 1.97. The van der Waals surface area contributed by atoms with Crippen LogP contribution in [0.15, 0.2) is 48.5 Å². The van der Waals surface area contributed by atoms with Crippen molar-refractivity contribution in [2.75, 3.05) is 13.2 Å². The summed E-state index contributed by atoms with van der Waals surface area (Å²) in [4.78, 5) is 0. The van der Waals surface area contributed by atoms with Crippen molar-refractivity contribution in [2.24, 2.45) is 0 Å². The second-order valence-corrected chi connectivity index (χ2v) is 4.58. The molecule has 0 spiro atoms. The Kier molecular flexibility index (Phi) is 5.28. The molecule has 102 valence electrons. The Labute approximate surface area is 123 Å². The fourth-order valence-electron chi connectivity index (χ4n) is 1.62. The first-order valence-electron chi connectivity index (χ1n) is 6.29. The molecule has 0 bridgehead atoms. The maximum atomic E-state index is 8.69. The number of benzene rings is 2. The molecular formula is C16H14ClNO2. The molecule has 2 aromatic carbocycles. The summed E-state index contributed by atoms with van der Waals surface area (Å²) in [6.45, 7) is 1.13. The van der Waals surface area contributed by atoms with Crippen LogP contribution in [-0.2, 0) is 0 Å². The van der Waals surface area contributed by atoms with E-state index in [2.05, 4.69) is 6.07 Å². The minimum Gasteiger partial charge on any atom is -0.493 e. The zero-order valence-corrected chi connectivity index (χ0v) is 11.6. The summed E-state index contributed by atoms with van der Waals surface area (Å²) >= 11 is 5.86. The van der Waals surface area contributed by atoms with Crippen LogP contribution in [0.5, 0.6) is 11.5 Å². The summed E-state index contributed by atoms with van der Waals surface area (Å²) < 4.78 is 11.1. The molecule has 0 heterocycles. The molecule has 0 amide bonds. The molecule has 0 fully saturated rings. The lowest BCUT2D eigenvalue weighted by Gasteiger charge is -2.08. The Bertz CT molecular complexity index is 590. The molecule has 0 aromatic heterocycles. The number of rotatable bonds is 6. The van der Waals surface area contributed by atoms with Gasteiger partial charge in [-0.15, -0.1) is 0 Å². The van der Waals surface area contributed by atoms with Gasteiger partial charge in [-0.05, 0) is 42.5 Å². The predicted octanol–water partition coefficient (Wildman–Crippen LogP) is 4.06. The predicted molar refractivity (Wildman–Crippen MR) is 78.2 cm³/mol. The van der Waals surface area contributed by atoms with Crippen molar-refractivity contribution < 1.29 is 9.47 Å². The minimum absolute atomic E-state index is 0.562. The number of nitriles is 1. The van der Waals surface area contributed by atoms with Crippen LogP contribution < -0.4 is 9.47 Å². The van der Waals surface area contributed by atoms with E-state index in [1.54, 1.807) is 30.3 Å². The van der Waals surface area contributed by atoms with E-state index in [1.165, 1.54) is 0 Å². The summed E-state index contributed by atoms with van der Waals surface area (Å²) in [5, 5.41) is 9.35. The smallest absolute Gasteiger partial charge is 0.120 e. The zero-order valence-electron chi connectivity index (χ0n) is 10.9. The maximum Gasteiger partial charge on any atom is 0.120 e. The van der Waals surface area contributed by atoms with Crippen molar-refractivity contribution in [2.45, 2.75) is 6.42 Å². The maximum absolute atomic E-state index is 8.69. The second kappa shape index (κ2) is 7.42. The van der Waals surface area contributed by atoms with Gasteiger partial charge in [0.15, 0.2) is 0 Å². The van der Waals surface area contributed by atoms with Gasteiger partial charge < -0.3 is 9.47 Å². The molecule has 0 saturated heterocycles. The van der Waals surface area contributed by atoms with Crippen LogP contribution in [0.2, 0.25) is 5.02 Å². The fraction of sp³-hybridized carbons (Fsp3) is 0.188. The third-order valence-electron chi connectivity index (χ3n) is 2.61. The molecule has 0 aliphatic rings. The van der Waals surface area contributed by atoms with Crippen LogP contribution in [0, 0.1) is 11.3 Å². The lowest BCUT2D eigenvalue weighted by Crippen LogP contribution is -2.04. The molecule has 0 N–H and O–H groups in total. The number of ether oxygens (including phenoxy) is 2. The van der Waals surface area contributed by atoms with E-state index in [9.17, 15) is 0 Å². The highest BCUT2D eigenvalue weighted by molar-refractivity contribution is 6.30. The summed E-state index contributed by atoms with van der Waals surface area (Å²) in [7, 11) is 0. The van der Waals surface area contributed by atoms with E-state index >= 15 is 0 Å². The van der Waals surface area contributed by atoms with Crippen LogP contribution >= 0.6 is 11.6 Å². The molecular weight excluding hydrogens is 274 g/mol.